The van der Waals surface area contributed by atoms with E-state index in [0.29, 0.717) is 43.6 Å². The fourth-order valence-corrected chi connectivity index (χ4v) is 2.11. The van der Waals surface area contributed by atoms with Crippen molar-refractivity contribution in [3.8, 4) is 0 Å². The highest BCUT2D eigenvalue weighted by atomic mass is 16.5. The minimum atomic E-state index is -0.142. The summed E-state index contributed by atoms with van der Waals surface area (Å²) >= 11 is 0. The van der Waals surface area contributed by atoms with Gasteiger partial charge in [-0.05, 0) is 13.3 Å². The van der Waals surface area contributed by atoms with E-state index in [2.05, 4.69) is 20.2 Å². The number of morpholine rings is 1. The van der Waals surface area contributed by atoms with Crippen LogP contribution in [0.5, 0.6) is 0 Å². The quantitative estimate of drug-likeness (QED) is 0.765. The van der Waals surface area contributed by atoms with Crippen LogP contribution in [0.4, 0.5) is 5.95 Å². The van der Waals surface area contributed by atoms with Crippen LogP contribution in [0.15, 0.2) is 6.20 Å². The van der Waals surface area contributed by atoms with Gasteiger partial charge in [0.15, 0.2) is 0 Å². The van der Waals surface area contributed by atoms with Crippen molar-refractivity contribution in [1.82, 2.24) is 15.3 Å². The Morgan fingerprint density at radius 3 is 2.90 bits per heavy atom. The Morgan fingerprint density at radius 1 is 1.48 bits per heavy atom. The Bertz CT molecular complexity index is 475. The van der Waals surface area contributed by atoms with E-state index in [1.54, 1.807) is 13.3 Å². The number of aromatic nitrogens is 2. The molecular weight excluding hydrogens is 272 g/mol. The fourth-order valence-electron chi connectivity index (χ4n) is 2.11. The average Bonchev–Trinajstić information content (AvgIpc) is 2.52. The van der Waals surface area contributed by atoms with Gasteiger partial charge in [-0.15, -0.1) is 0 Å². The molecule has 0 atom stereocenters. The number of ether oxygens (including phenoxy) is 2. The van der Waals surface area contributed by atoms with Gasteiger partial charge < -0.3 is 19.7 Å². The number of methoxy groups -OCH3 is 1. The van der Waals surface area contributed by atoms with Crippen molar-refractivity contribution >= 4 is 11.9 Å². The Labute approximate surface area is 124 Å². The SMILES string of the molecule is COCCCNC(=O)c1cnc(N2CCOCC2)nc1C. The normalized spacial score (nSPS) is 15.0. The molecule has 0 aromatic carbocycles. The van der Waals surface area contributed by atoms with Crippen molar-refractivity contribution in [2.24, 2.45) is 0 Å². The molecule has 2 rings (SSSR count). The Morgan fingerprint density at radius 2 is 2.24 bits per heavy atom. The molecule has 1 fully saturated rings. The van der Waals surface area contributed by atoms with Crippen molar-refractivity contribution in [2.75, 3.05) is 51.5 Å². The highest BCUT2D eigenvalue weighted by molar-refractivity contribution is 5.94. The van der Waals surface area contributed by atoms with Crippen molar-refractivity contribution in [3.63, 3.8) is 0 Å². The van der Waals surface area contributed by atoms with E-state index >= 15 is 0 Å². The van der Waals surface area contributed by atoms with E-state index in [1.807, 2.05) is 6.92 Å². The molecule has 21 heavy (non-hydrogen) atoms. The van der Waals surface area contributed by atoms with E-state index in [9.17, 15) is 4.79 Å². The lowest BCUT2D eigenvalue weighted by Crippen LogP contribution is -2.37. The molecule has 0 radical (unpaired) electrons. The van der Waals surface area contributed by atoms with E-state index in [0.717, 1.165) is 19.5 Å². The van der Waals surface area contributed by atoms with Crippen LogP contribution in [0, 0.1) is 6.92 Å². The number of carbonyl (C=O) groups excluding carboxylic acids is 1. The summed E-state index contributed by atoms with van der Waals surface area (Å²) < 4.78 is 10.3. The first-order valence-corrected chi connectivity index (χ1v) is 7.16. The maximum atomic E-state index is 12.1. The number of nitrogens with zero attached hydrogens (tertiary/aromatic N) is 3. The molecule has 0 bridgehead atoms. The molecule has 1 amide bonds. The zero-order valence-corrected chi connectivity index (χ0v) is 12.6. The third-order valence-corrected chi connectivity index (χ3v) is 3.32. The maximum Gasteiger partial charge on any atom is 0.254 e. The monoisotopic (exact) mass is 294 g/mol. The summed E-state index contributed by atoms with van der Waals surface area (Å²) in [6.07, 6.45) is 2.38. The summed E-state index contributed by atoms with van der Waals surface area (Å²) in [4.78, 5) is 22.9. The zero-order valence-electron chi connectivity index (χ0n) is 12.6. The predicted molar refractivity (Wildman–Crippen MR) is 78.6 cm³/mol. The predicted octanol–water partition coefficient (Wildman–Crippen LogP) is 0.388. The molecule has 1 aliphatic rings. The van der Waals surface area contributed by atoms with Gasteiger partial charge in [0.2, 0.25) is 5.95 Å². The minimum absolute atomic E-state index is 0.142. The molecule has 0 saturated carbocycles. The van der Waals surface area contributed by atoms with E-state index < -0.39 is 0 Å². The molecule has 7 heteroatoms. The highest BCUT2D eigenvalue weighted by Crippen LogP contribution is 2.12. The molecule has 1 aromatic rings. The number of hydrogen-bond acceptors (Lipinski definition) is 6. The number of rotatable bonds is 6. The Balaban J connectivity index is 1.96. The number of aryl methyl sites for hydroxylation is 1. The van der Waals surface area contributed by atoms with Gasteiger partial charge in [0, 0.05) is 39.5 Å². The molecular formula is C14H22N4O3. The molecule has 1 N–H and O–H groups in total. The van der Waals surface area contributed by atoms with Crippen LogP contribution in [-0.2, 0) is 9.47 Å². The third kappa shape index (κ3) is 4.37. The smallest absolute Gasteiger partial charge is 0.254 e. The van der Waals surface area contributed by atoms with E-state index in [-0.39, 0.29) is 5.91 Å². The zero-order chi connectivity index (χ0) is 15.1. The van der Waals surface area contributed by atoms with Crippen LogP contribution in [0.1, 0.15) is 22.5 Å². The molecule has 0 spiro atoms. The van der Waals surface area contributed by atoms with Gasteiger partial charge in [0.25, 0.3) is 5.91 Å². The van der Waals surface area contributed by atoms with Crippen molar-refractivity contribution in [3.05, 3.63) is 17.5 Å². The third-order valence-electron chi connectivity index (χ3n) is 3.32. The molecule has 0 unspecified atom stereocenters. The number of hydrogen-bond donors (Lipinski definition) is 1. The standard InChI is InChI=1S/C14H22N4O3/c1-11-12(13(19)15-4-3-7-20-2)10-16-14(17-11)18-5-8-21-9-6-18/h10H,3-9H2,1-2H3,(H,15,19). The summed E-state index contributed by atoms with van der Waals surface area (Å²) in [5, 5.41) is 2.84. The van der Waals surface area contributed by atoms with E-state index in [4.69, 9.17) is 9.47 Å². The lowest BCUT2D eigenvalue weighted by molar-refractivity contribution is 0.0947. The van der Waals surface area contributed by atoms with Gasteiger partial charge >= 0.3 is 0 Å². The maximum absolute atomic E-state index is 12.1. The fraction of sp³-hybridized carbons (Fsp3) is 0.643. The topological polar surface area (TPSA) is 76.6 Å². The van der Waals surface area contributed by atoms with Crippen LogP contribution >= 0.6 is 0 Å². The number of nitrogens with one attached hydrogen (secondary N) is 1. The molecule has 0 aliphatic carbocycles. The first-order valence-electron chi connectivity index (χ1n) is 7.16. The van der Waals surface area contributed by atoms with E-state index in [1.165, 1.54) is 0 Å². The van der Waals surface area contributed by atoms with Crippen LogP contribution in [0.3, 0.4) is 0 Å². The highest BCUT2D eigenvalue weighted by Gasteiger charge is 2.16. The second kappa shape index (κ2) is 7.90. The van der Waals surface area contributed by atoms with Gasteiger partial charge in [-0.3, -0.25) is 4.79 Å². The average molecular weight is 294 g/mol. The first-order chi connectivity index (χ1) is 10.2. The summed E-state index contributed by atoms with van der Waals surface area (Å²) in [7, 11) is 1.64. The van der Waals surface area contributed by atoms with Crippen LogP contribution in [0.2, 0.25) is 0 Å². The number of carbonyl (C=O) groups is 1. The second-order valence-electron chi connectivity index (χ2n) is 4.87. The van der Waals surface area contributed by atoms with Gasteiger partial charge in [-0.1, -0.05) is 0 Å². The summed E-state index contributed by atoms with van der Waals surface area (Å²) in [5.74, 6) is 0.517. The number of anilines is 1. The van der Waals surface area contributed by atoms with Crippen LogP contribution in [-0.4, -0.2) is 62.4 Å². The molecule has 7 nitrogen and oxygen atoms in total. The minimum Gasteiger partial charge on any atom is -0.385 e. The van der Waals surface area contributed by atoms with Crippen molar-refractivity contribution < 1.29 is 14.3 Å². The summed E-state index contributed by atoms with van der Waals surface area (Å²) in [6.45, 7) is 5.97. The van der Waals surface area contributed by atoms with Gasteiger partial charge in [-0.25, -0.2) is 9.97 Å². The van der Waals surface area contributed by atoms with Gasteiger partial charge in [0.05, 0.1) is 24.5 Å². The lowest BCUT2D eigenvalue weighted by Gasteiger charge is -2.27. The van der Waals surface area contributed by atoms with Crippen molar-refractivity contribution in [1.29, 1.82) is 0 Å². The second-order valence-corrected chi connectivity index (χ2v) is 4.87. The molecule has 1 aromatic heterocycles. The molecule has 2 heterocycles. The molecule has 116 valence electrons. The molecule has 1 saturated heterocycles. The summed E-state index contributed by atoms with van der Waals surface area (Å²) in [5.41, 5.74) is 1.21. The van der Waals surface area contributed by atoms with Crippen molar-refractivity contribution in [2.45, 2.75) is 13.3 Å². The Hall–Kier alpha value is -1.73. The molecule has 1 aliphatic heterocycles. The first kappa shape index (κ1) is 15.7. The Kier molecular flexibility index (Phi) is 5.89. The summed E-state index contributed by atoms with van der Waals surface area (Å²) in [6, 6.07) is 0. The van der Waals surface area contributed by atoms with Gasteiger partial charge in [-0.2, -0.15) is 0 Å². The number of amides is 1. The van der Waals surface area contributed by atoms with Crippen LogP contribution < -0.4 is 10.2 Å². The largest absolute Gasteiger partial charge is 0.385 e. The lowest BCUT2D eigenvalue weighted by atomic mass is 10.2. The van der Waals surface area contributed by atoms with Crippen LogP contribution in [0.25, 0.3) is 0 Å². The van der Waals surface area contributed by atoms with Gasteiger partial charge in [0.1, 0.15) is 0 Å².